The van der Waals surface area contributed by atoms with Crippen LogP contribution in [0.15, 0.2) is 53.4 Å². The van der Waals surface area contributed by atoms with Crippen molar-refractivity contribution in [1.29, 1.82) is 0 Å². The lowest BCUT2D eigenvalue weighted by Gasteiger charge is -2.36. The first-order chi connectivity index (χ1) is 15.3. The van der Waals surface area contributed by atoms with Crippen LogP contribution in [0, 0.1) is 6.92 Å². The molecule has 0 atom stereocenters. The summed E-state index contributed by atoms with van der Waals surface area (Å²) in [7, 11) is -3.50. The molecule has 32 heavy (non-hydrogen) atoms. The Bertz CT molecular complexity index is 1060. The van der Waals surface area contributed by atoms with Crippen LogP contribution in [-0.4, -0.2) is 60.8 Å². The highest BCUT2D eigenvalue weighted by Crippen LogP contribution is 2.27. The number of sulfonamides is 1. The van der Waals surface area contributed by atoms with Crippen LogP contribution in [0.4, 0.5) is 4.79 Å². The van der Waals surface area contributed by atoms with Crippen LogP contribution in [0.5, 0.6) is 0 Å². The van der Waals surface area contributed by atoms with Gasteiger partial charge in [-0.05, 0) is 48.9 Å². The third kappa shape index (κ3) is 4.69. The minimum atomic E-state index is -3.50. The minimum Gasteiger partial charge on any atom is -0.320 e. The van der Waals surface area contributed by atoms with Crippen LogP contribution < -0.4 is 0 Å². The van der Waals surface area contributed by atoms with Crippen LogP contribution in [0.3, 0.4) is 0 Å². The fourth-order valence-electron chi connectivity index (χ4n) is 4.69. The molecular weight excluding hydrogens is 422 g/mol. The van der Waals surface area contributed by atoms with Gasteiger partial charge in [0.15, 0.2) is 0 Å². The Kier molecular flexibility index (Phi) is 6.58. The predicted octanol–water partition coefficient (Wildman–Crippen LogP) is 4.21. The summed E-state index contributed by atoms with van der Waals surface area (Å²) in [5.41, 5.74) is 3.47. The Hall–Kier alpha value is -2.38. The molecule has 0 spiro atoms. The summed E-state index contributed by atoms with van der Waals surface area (Å²) in [4.78, 5) is 17.2. The molecular formula is C25H33N3O3S. The van der Waals surface area contributed by atoms with Crippen molar-refractivity contribution >= 4 is 16.1 Å². The van der Waals surface area contributed by atoms with Gasteiger partial charge >= 0.3 is 6.03 Å². The van der Waals surface area contributed by atoms with Gasteiger partial charge in [0.25, 0.3) is 0 Å². The summed E-state index contributed by atoms with van der Waals surface area (Å²) in [5, 5.41) is 0. The lowest BCUT2D eigenvalue weighted by molar-refractivity contribution is 0.153. The van der Waals surface area contributed by atoms with Gasteiger partial charge in [-0.3, -0.25) is 0 Å². The first-order valence-corrected chi connectivity index (χ1v) is 12.9. The lowest BCUT2D eigenvalue weighted by atomic mass is 10.0. The molecule has 0 unspecified atom stereocenters. The van der Waals surface area contributed by atoms with E-state index in [0.717, 1.165) is 11.1 Å². The minimum absolute atomic E-state index is 0.0667. The summed E-state index contributed by atoms with van der Waals surface area (Å²) in [6.45, 7) is 9.18. The standard InChI is InChI=1S/C25H33N3O3S/c1-19(2)22-7-9-24(10-8-22)32(30,31)27-13-11-23(12-14-27)28-16-15-26(25(28)29)18-21-6-4-5-20(3)17-21/h4-10,17,19,23H,11-16,18H2,1-3H3. The molecule has 0 saturated carbocycles. The smallest absolute Gasteiger partial charge is 0.320 e. The number of hydrogen-bond acceptors (Lipinski definition) is 3. The van der Waals surface area contributed by atoms with Gasteiger partial charge < -0.3 is 9.80 Å². The summed E-state index contributed by atoms with van der Waals surface area (Å²) in [6, 6.07) is 15.6. The second-order valence-corrected chi connectivity index (χ2v) is 11.2. The van der Waals surface area contributed by atoms with E-state index in [1.54, 1.807) is 16.4 Å². The maximum atomic E-state index is 13.1. The predicted molar refractivity (Wildman–Crippen MR) is 126 cm³/mol. The number of aryl methyl sites for hydroxylation is 1. The van der Waals surface area contributed by atoms with E-state index in [-0.39, 0.29) is 12.1 Å². The Labute approximate surface area is 191 Å². The van der Waals surface area contributed by atoms with Gasteiger partial charge in [0.05, 0.1) is 4.90 Å². The normalized spacial score (nSPS) is 18.7. The maximum Gasteiger partial charge on any atom is 0.320 e. The Morgan fingerprint density at radius 2 is 1.66 bits per heavy atom. The highest BCUT2D eigenvalue weighted by molar-refractivity contribution is 7.89. The van der Waals surface area contributed by atoms with Gasteiger partial charge in [-0.1, -0.05) is 55.8 Å². The molecule has 6 nitrogen and oxygen atoms in total. The fourth-order valence-corrected chi connectivity index (χ4v) is 6.16. The number of hydrogen-bond donors (Lipinski definition) is 0. The number of carbonyl (C=O) groups excluding carboxylic acids is 1. The van der Waals surface area contributed by atoms with Gasteiger partial charge in [-0.25, -0.2) is 13.2 Å². The van der Waals surface area contributed by atoms with Gasteiger partial charge in [-0.2, -0.15) is 4.31 Å². The Balaban J connectivity index is 1.35. The molecule has 4 rings (SSSR count). The van der Waals surface area contributed by atoms with Crippen LogP contribution in [0.1, 0.15) is 49.3 Å². The lowest BCUT2D eigenvalue weighted by Crippen LogP contribution is -2.47. The highest BCUT2D eigenvalue weighted by Gasteiger charge is 2.37. The zero-order chi connectivity index (χ0) is 22.9. The Morgan fingerprint density at radius 3 is 2.28 bits per heavy atom. The maximum absolute atomic E-state index is 13.1. The van der Waals surface area contributed by atoms with Crippen molar-refractivity contribution in [2.24, 2.45) is 0 Å². The van der Waals surface area contributed by atoms with Crippen LogP contribution in [-0.2, 0) is 16.6 Å². The molecule has 0 N–H and O–H groups in total. The van der Waals surface area contributed by atoms with Crippen molar-refractivity contribution in [2.75, 3.05) is 26.2 Å². The third-order valence-corrected chi connectivity index (χ3v) is 8.54. The number of rotatable bonds is 6. The van der Waals surface area contributed by atoms with E-state index in [9.17, 15) is 13.2 Å². The second-order valence-electron chi connectivity index (χ2n) is 9.25. The van der Waals surface area contributed by atoms with Crippen molar-refractivity contribution in [3.05, 3.63) is 65.2 Å². The molecule has 172 valence electrons. The number of amides is 2. The number of urea groups is 1. The molecule has 2 amide bonds. The molecule has 2 saturated heterocycles. The van der Waals surface area contributed by atoms with Gasteiger partial charge in [0.2, 0.25) is 10.0 Å². The van der Waals surface area contributed by atoms with E-state index in [4.69, 9.17) is 0 Å². The molecule has 2 aromatic carbocycles. The van der Waals surface area contributed by atoms with E-state index < -0.39 is 10.0 Å². The number of carbonyl (C=O) groups is 1. The van der Waals surface area contributed by atoms with E-state index >= 15 is 0 Å². The molecule has 2 aliphatic rings. The molecule has 0 bridgehead atoms. The molecule has 7 heteroatoms. The Morgan fingerprint density at radius 1 is 0.969 bits per heavy atom. The van der Waals surface area contributed by atoms with Crippen molar-refractivity contribution in [3.63, 3.8) is 0 Å². The largest absolute Gasteiger partial charge is 0.320 e. The van der Waals surface area contributed by atoms with Gasteiger partial charge in [-0.15, -0.1) is 0 Å². The average molecular weight is 456 g/mol. The van der Waals surface area contributed by atoms with Gasteiger partial charge in [0, 0.05) is 38.8 Å². The molecule has 2 fully saturated rings. The van der Waals surface area contributed by atoms with Crippen molar-refractivity contribution < 1.29 is 13.2 Å². The molecule has 2 aromatic rings. The highest BCUT2D eigenvalue weighted by atomic mass is 32.2. The fraction of sp³-hybridized carbons (Fsp3) is 0.480. The van der Waals surface area contributed by atoms with Crippen molar-refractivity contribution in [2.45, 2.75) is 57.0 Å². The summed E-state index contributed by atoms with van der Waals surface area (Å²) >= 11 is 0. The number of piperidine rings is 1. The SMILES string of the molecule is Cc1cccc(CN2CCN(C3CCN(S(=O)(=O)c4ccc(C(C)C)cc4)CC3)C2=O)c1. The first-order valence-electron chi connectivity index (χ1n) is 11.5. The van der Waals surface area contributed by atoms with Gasteiger partial charge in [0.1, 0.15) is 0 Å². The zero-order valence-corrected chi connectivity index (χ0v) is 20.0. The van der Waals surface area contributed by atoms with Crippen molar-refractivity contribution in [3.8, 4) is 0 Å². The van der Waals surface area contributed by atoms with Crippen LogP contribution >= 0.6 is 0 Å². The van der Waals surface area contributed by atoms with Crippen LogP contribution in [0.25, 0.3) is 0 Å². The molecule has 0 radical (unpaired) electrons. The first kappa shape index (κ1) is 22.8. The zero-order valence-electron chi connectivity index (χ0n) is 19.2. The monoisotopic (exact) mass is 455 g/mol. The quantitative estimate of drug-likeness (QED) is 0.656. The molecule has 2 heterocycles. The number of nitrogens with zero attached hydrogens (tertiary/aromatic N) is 3. The van der Waals surface area contributed by atoms with Crippen molar-refractivity contribution in [1.82, 2.24) is 14.1 Å². The average Bonchev–Trinajstić information content (AvgIpc) is 3.14. The molecule has 0 aromatic heterocycles. The summed E-state index contributed by atoms with van der Waals surface area (Å²) < 4.78 is 27.7. The molecule has 2 aliphatic heterocycles. The van der Waals surface area contributed by atoms with E-state index in [1.807, 2.05) is 28.0 Å². The second kappa shape index (κ2) is 9.24. The third-order valence-electron chi connectivity index (χ3n) is 6.63. The number of benzene rings is 2. The van der Waals surface area contributed by atoms with E-state index in [1.165, 1.54) is 5.56 Å². The summed E-state index contributed by atoms with van der Waals surface area (Å²) in [6.07, 6.45) is 1.35. The topological polar surface area (TPSA) is 60.9 Å². The van der Waals surface area contributed by atoms with E-state index in [2.05, 4.69) is 39.0 Å². The van der Waals surface area contributed by atoms with Crippen LogP contribution in [0.2, 0.25) is 0 Å². The summed E-state index contributed by atoms with van der Waals surface area (Å²) in [5.74, 6) is 0.367. The molecule has 0 aliphatic carbocycles. The van der Waals surface area contributed by atoms with E-state index in [0.29, 0.717) is 56.4 Å².